The van der Waals surface area contributed by atoms with Gasteiger partial charge >= 0.3 is 0 Å². The van der Waals surface area contributed by atoms with Crippen molar-refractivity contribution >= 4 is 22.9 Å². The highest BCUT2D eigenvalue weighted by atomic mass is 32.1. The van der Waals surface area contributed by atoms with E-state index in [4.69, 9.17) is 0 Å². The fourth-order valence-corrected chi connectivity index (χ4v) is 4.81. The van der Waals surface area contributed by atoms with Crippen LogP contribution in [0.2, 0.25) is 0 Å². The maximum Gasteiger partial charge on any atom is 0.279 e. The minimum absolute atomic E-state index is 0.0551. The third-order valence-electron chi connectivity index (χ3n) is 5.40. The van der Waals surface area contributed by atoms with Gasteiger partial charge < -0.3 is 9.47 Å². The van der Waals surface area contributed by atoms with E-state index in [1.807, 2.05) is 18.2 Å². The number of benzene rings is 1. The van der Waals surface area contributed by atoms with Gasteiger partial charge in [0, 0.05) is 41.5 Å². The minimum Gasteiger partial charge on any atom is -0.372 e. The number of aromatic nitrogens is 1. The summed E-state index contributed by atoms with van der Waals surface area (Å²) in [6.07, 6.45) is 2.57. The molecule has 1 aromatic carbocycles. The molecule has 1 heterocycles. The summed E-state index contributed by atoms with van der Waals surface area (Å²) in [6, 6.07) is 7.85. The van der Waals surface area contributed by atoms with E-state index in [0.717, 1.165) is 36.0 Å². The Morgan fingerprint density at radius 2 is 1.93 bits per heavy atom. The first-order valence-electron chi connectivity index (χ1n) is 10.4. The van der Waals surface area contributed by atoms with E-state index in [9.17, 15) is 4.79 Å². The van der Waals surface area contributed by atoms with Gasteiger partial charge in [-0.15, -0.1) is 11.3 Å². The number of nitrogens with zero attached hydrogens (tertiary/aromatic N) is 3. The van der Waals surface area contributed by atoms with E-state index in [0.29, 0.717) is 5.56 Å². The molecule has 2 aromatic rings. The number of rotatable bonds is 6. The normalized spacial score (nSPS) is 15.1. The quantitative estimate of drug-likeness (QED) is 0.673. The lowest BCUT2D eigenvalue weighted by molar-refractivity contribution is 0.0997. The molecule has 0 saturated heterocycles. The van der Waals surface area contributed by atoms with Crippen molar-refractivity contribution in [2.24, 2.45) is 10.9 Å². The largest absolute Gasteiger partial charge is 0.372 e. The summed E-state index contributed by atoms with van der Waals surface area (Å²) in [6.45, 7) is 15.9. The lowest BCUT2D eigenvalue weighted by atomic mass is 9.93. The lowest BCUT2D eigenvalue weighted by Gasteiger charge is -2.21. The minimum atomic E-state index is -0.153. The second kappa shape index (κ2) is 8.24. The Hall–Kier alpha value is -1.88. The highest BCUT2D eigenvalue weighted by Crippen LogP contribution is 2.33. The van der Waals surface area contributed by atoms with Crippen molar-refractivity contribution in [1.82, 2.24) is 4.57 Å². The second-order valence-corrected chi connectivity index (χ2v) is 9.72. The average Bonchev–Trinajstić information content (AvgIpc) is 3.41. The van der Waals surface area contributed by atoms with Crippen LogP contribution in [-0.4, -0.2) is 23.6 Å². The summed E-state index contributed by atoms with van der Waals surface area (Å²) in [7, 11) is 0. The van der Waals surface area contributed by atoms with Gasteiger partial charge in [0.25, 0.3) is 5.91 Å². The summed E-state index contributed by atoms with van der Waals surface area (Å²) in [4.78, 5) is 22.0. The van der Waals surface area contributed by atoms with E-state index >= 15 is 0 Å². The number of carbonyl (C=O) groups is 1. The van der Waals surface area contributed by atoms with Crippen LogP contribution in [0.5, 0.6) is 0 Å². The predicted octanol–water partition coefficient (Wildman–Crippen LogP) is 5.15. The topological polar surface area (TPSA) is 37.6 Å². The first-order chi connectivity index (χ1) is 13.2. The van der Waals surface area contributed by atoms with Crippen LogP contribution in [0.15, 0.2) is 29.3 Å². The first-order valence-corrected chi connectivity index (χ1v) is 11.2. The molecule has 0 atom stereocenters. The Labute approximate surface area is 172 Å². The second-order valence-electron chi connectivity index (χ2n) is 8.74. The van der Waals surface area contributed by atoms with Crippen LogP contribution < -0.4 is 9.70 Å². The molecule has 1 saturated carbocycles. The fraction of sp³-hybridized carbons (Fsp3) is 0.565. The lowest BCUT2D eigenvalue weighted by Crippen LogP contribution is -2.22. The molecule has 1 fully saturated rings. The molecule has 1 aliphatic carbocycles. The number of hydrogen-bond donors (Lipinski definition) is 0. The Bertz CT molecular complexity index is 909. The van der Waals surface area contributed by atoms with Crippen molar-refractivity contribution < 1.29 is 4.79 Å². The fourth-order valence-electron chi connectivity index (χ4n) is 3.61. The van der Waals surface area contributed by atoms with Crippen LogP contribution in [0.1, 0.15) is 68.4 Å². The van der Waals surface area contributed by atoms with Gasteiger partial charge in [-0.05, 0) is 63.1 Å². The highest BCUT2D eigenvalue weighted by Gasteiger charge is 2.27. The third-order valence-corrected chi connectivity index (χ3v) is 7.00. The maximum absolute atomic E-state index is 13.0. The zero-order chi connectivity index (χ0) is 20.5. The van der Waals surface area contributed by atoms with Gasteiger partial charge in [-0.2, -0.15) is 4.99 Å². The highest BCUT2D eigenvalue weighted by molar-refractivity contribution is 7.09. The van der Waals surface area contributed by atoms with Crippen LogP contribution in [-0.2, 0) is 12.0 Å². The van der Waals surface area contributed by atoms with Crippen LogP contribution >= 0.6 is 11.3 Å². The molecule has 1 amide bonds. The first kappa shape index (κ1) is 20.8. The summed E-state index contributed by atoms with van der Waals surface area (Å²) < 4.78 is 2.27. The standard InChI is InChI=1S/C23H33N3OS/c1-7-25(8-2)19-11-9-10-18(14-19)21(27)24-22-26(15-17-12-13-17)16(3)20(28-22)23(4,5)6/h9-11,14,17H,7-8,12-13,15H2,1-6H3. The molecule has 0 unspecified atom stereocenters. The Morgan fingerprint density at radius 3 is 2.50 bits per heavy atom. The SMILES string of the molecule is CCN(CC)c1cccc(C(=O)N=c2sc(C(C)(C)C)c(C)n2CC2CC2)c1. The molecule has 0 bridgehead atoms. The number of carbonyl (C=O) groups excluding carboxylic acids is 1. The van der Waals surface area contributed by atoms with Crippen LogP contribution in [0, 0.1) is 12.8 Å². The van der Waals surface area contributed by atoms with Crippen molar-refractivity contribution in [3.05, 3.63) is 45.2 Å². The monoisotopic (exact) mass is 399 g/mol. The zero-order valence-corrected chi connectivity index (χ0v) is 18.9. The van der Waals surface area contributed by atoms with E-state index in [2.05, 4.69) is 62.1 Å². The van der Waals surface area contributed by atoms with Gasteiger partial charge in [0.2, 0.25) is 0 Å². The van der Waals surface area contributed by atoms with Crippen molar-refractivity contribution in [1.29, 1.82) is 0 Å². The molecule has 152 valence electrons. The molecule has 0 aliphatic heterocycles. The number of thiazole rings is 1. The van der Waals surface area contributed by atoms with Crippen molar-refractivity contribution in [3.8, 4) is 0 Å². The van der Waals surface area contributed by atoms with Crippen LogP contribution in [0.25, 0.3) is 0 Å². The molecular formula is C23H33N3OS. The molecule has 0 N–H and O–H groups in total. The van der Waals surface area contributed by atoms with Crippen LogP contribution in [0.3, 0.4) is 0 Å². The molecule has 0 radical (unpaired) electrons. The zero-order valence-electron chi connectivity index (χ0n) is 18.1. The van der Waals surface area contributed by atoms with E-state index in [-0.39, 0.29) is 11.3 Å². The van der Waals surface area contributed by atoms with Crippen molar-refractivity contribution in [2.45, 2.75) is 66.3 Å². The van der Waals surface area contributed by atoms with Gasteiger partial charge in [-0.3, -0.25) is 4.79 Å². The number of amides is 1. The maximum atomic E-state index is 13.0. The third kappa shape index (κ3) is 4.57. The van der Waals surface area contributed by atoms with Crippen molar-refractivity contribution in [3.63, 3.8) is 0 Å². The number of hydrogen-bond acceptors (Lipinski definition) is 3. The summed E-state index contributed by atoms with van der Waals surface area (Å²) in [5.41, 5.74) is 3.05. The molecule has 0 spiro atoms. The molecule has 28 heavy (non-hydrogen) atoms. The predicted molar refractivity (Wildman–Crippen MR) is 118 cm³/mol. The van der Waals surface area contributed by atoms with Gasteiger partial charge in [-0.25, -0.2) is 0 Å². The summed E-state index contributed by atoms with van der Waals surface area (Å²) in [5.74, 6) is 0.585. The number of anilines is 1. The van der Waals surface area contributed by atoms with E-state index < -0.39 is 0 Å². The average molecular weight is 400 g/mol. The molecule has 3 rings (SSSR count). The molecule has 5 heteroatoms. The molecule has 1 aromatic heterocycles. The van der Waals surface area contributed by atoms with Crippen LogP contribution in [0.4, 0.5) is 5.69 Å². The Morgan fingerprint density at radius 1 is 1.25 bits per heavy atom. The summed E-state index contributed by atoms with van der Waals surface area (Å²) >= 11 is 1.67. The van der Waals surface area contributed by atoms with Gasteiger partial charge in [-0.1, -0.05) is 26.8 Å². The molecular weight excluding hydrogens is 366 g/mol. The van der Waals surface area contributed by atoms with Gasteiger partial charge in [0.05, 0.1) is 0 Å². The van der Waals surface area contributed by atoms with Gasteiger partial charge in [0.1, 0.15) is 0 Å². The van der Waals surface area contributed by atoms with Gasteiger partial charge in [0.15, 0.2) is 4.80 Å². The van der Waals surface area contributed by atoms with E-state index in [1.54, 1.807) is 11.3 Å². The molecule has 1 aliphatic rings. The molecule has 4 nitrogen and oxygen atoms in total. The van der Waals surface area contributed by atoms with E-state index in [1.165, 1.54) is 23.4 Å². The summed E-state index contributed by atoms with van der Waals surface area (Å²) in [5, 5.41) is 0. The Kier molecular flexibility index (Phi) is 6.13. The smallest absolute Gasteiger partial charge is 0.279 e. The Balaban J connectivity index is 2.00. The van der Waals surface area contributed by atoms with Crippen molar-refractivity contribution in [2.75, 3.05) is 18.0 Å².